The van der Waals surface area contributed by atoms with Crippen molar-refractivity contribution in [2.45, 2.75) is 12.3 Å². The van der Waals surface area contributed by atoms with Crippen molar-refractivity contribution in [1.82, 2.24) is 0 Å². The van der Waals surface area contributed by atoms with Crippen LogP contribution in [-0.2, 0) is 4.18 Å². The molecule has 6 heteroatoms. The lowest BCUT2D eigenvalue weighted by Gasteiger charge is -2.13. The SMILES string of the molecule is O=C(Nc1ccc(C(=O)O)cc1)OSCCC1c2ccccc2-c2ccccc21. The molecule has 0 fully saturated rings. The van der Waals surface area contributed by atoms with Crippen LogP contribution in [0.15, 0.2) is 72.8 Å². The molecule has 0 saturated carbocycles. The third kappa shape index (κ3) is 4.12. The van der Waals surface area contributed by atoms with E-state index in [9.17, 15) is 9.59 Å². The van der Waals surface area contributed by atoms with Crippen LogP contribution < -0.4 is 5.32 Å². The van der Waals surface area contributed by atoms with Gasteiger partial charge < -0.3 is 9.29 Å². The van der Waals surface area contributed by atoms with Gasteiger partial charge in [0.25, 0.3) is 0 Å². The molecule has 3 aromatic carbocycles. The van der Waals surface area contributed by atoms with Crippen LogP contribution in [-0.4, -0.2) is 22.9 Å². The molecular formula is C23H19NO4S. The molecular weight excluding hydrogens is 386 g/mol. The minimum absolute atomic E-state index is 0.162. The van der Waals surface area contributed by atoms with Gasteiger partial charge >= 0.3 is 12.1 Å². The molecule has 1 aliphatic rings. The minimum Gasteiger partial charge on any atom is -0.478 e. The maximum atomic E-state index is 12.0. The molecule has 0 unspecified atom stereocenters. The van der Waals surface area contributed by atoms with Crippen molar-refractivity contribution in [3.05, 3.63) is 89.5 Å². The highest BCUT2D eigenvalue weighted by Gasteiger charge is 2.27. The van der Waals surface area contributed by atoms with Crippen LogP contribution in [0.5, 0.6) is 0 Å². The number of nitrogens with one attached hydrogen (secondary N) is 1. The van der Waals surface area contributed by atoms with Gasteiger partial charge in [-0.25, -0.2) is 9.59 Å². The highest BCUT2D eigenvalue weighted by Crippen LogP contribution is 2.46. The van der Waals surface area contributed by atoms with E-state index < -0.39 is 12.1 Å². The number of rotatable bonds is 6. The van der Waals surface area contributed by atoms with Gasteiger partial charge in [-0.3, -0.25) is 5.32 Å². The normalized spacial score (nSPS) is 12.1. The Morgan fingerprint density at radius 2 is 1.48 bits per heavy atom. The first-order valence-electron chi connectivity index (χ1n) is 9.25. The molecule has 0 heterocycles. The molecule has 146 valence electrons. The van der Waals surface area contributed by atoms with E-state index in [0.29, 0.717) is 17.4 Å². The minimum atomic E-state index is -1.01. The van der Waals surface area contributed by atoms with Gasteiger partial charge in [-0.15, -0.1) is 0 Å². The molecule has 1 aliphatic carbocycles. The maximum Gasteiger partial charge on any atom is 0.423 e. The average Bonchev–Trinajstić information content (AvgIpc) is 3.06. The van der Waals surface area contributed by atoms with Crippen LogP contribution in [0.25, 0.3) is 11.1 Å². The van der Waals surface area contributed by atoms with Crippen LogP contribution in [0.4, 0.5) is 10.5 Å². The fourth-order valence-electron chi connectivity index (χ4n) is 3.67. The Balaban J connectivity index is 1.30. The molecule has 0 atom stereocenters. The summed E-state index contributed by atoms with van der Waals surface area (Å²) in [7, 11) is 0. The molecule has 5 nitrogen and oxygen atoms in total. The topological polar surface area (TPSA) is 75.6 Å². The number of amides is 1. The van der Waals surface area contributed by atoms with Gasteiger partial charge in [-0.1, -0.05) is 48.5 Å². The summed E-state index contributed by atoms with van der Waals surface area (Å²) in [5, 5.41) is 11.5. The summed E-state index contributed by atoms with van der Waals surface area (Å²) in [5.41, 5.74) is 5.84. The highest BCUT2D eigenvalue weighted by atomic mass is 32.2. The lowest BCUT2D eigenvalue weighted by atomic mass is 9.94. The molecule has 0 aromatic heterocycles. The molecule has 29 heavy (non-hydrogen) atoms. The fraction of sp³-hybridized carbons (Fsp3) is 0.130. The quantitative estimate of drug-likeness (QED) is 0.401. The third-order valence-corrected chi connectivity index (χ3v) is 5.64. The van der Waals surface area contributed by atoms with Gasteiger partial charge in [0.1, 0.15) is 0 Å². The summed E-state index contributed by atoms with van der Waals surface area (Å²) in [5.74, 6) is -0.0477. The summed E-state index contributed by atoms with van der Waals surface area (Å²) in [4.78, 5) is 22.8. The first-order chi connectivity index (χ1) is 14.1. The number of carbonyl (C=O) groups excluding carboxylic acids is 1. The zero-order chi connectivity index (χ0) is 20.2. The Labute approximate surface area is 172 Å². The van der Waals surface area contributed by atoms with E-state index >= 15 is 0 Å². The van der Waals surface area contributed by atoms with Gasteiger partial charge in [-0.05, 0) is 52.9 Å². The lowest BCUT2D eigenvalue weighted by Crippen LogP contribution is -2.11. The van der Waals surface area contributed by atoms with Crippen molar-refractivity contribution in [3.8, 4) is 11.1 Å². The Kier molecular flexibility index (Phi) is 5.53. The smallest absolute Gasteiger partial charge is 0.423 e. The number of carbonyl (C=O) groups is 2. The van der Waals surface area contributed by atoms with E-state index in [2.05, 4.69) is 53.8 Å². The van der Waals surface area contributed by atoms with Gasteiger partial charge in [0.05, 0.1) is 17.6 Å². The third-order valence-electron chi connectivity index (χ3n) is 4.97. The van der Waals surface area contributed by atoms with Crippen LogP contribution in [0.1, 0.15) is 33.8 Å². The summed E-state index contributed by atoms with van der Waals surface area (Å²) in [6.45, 7) is 0. The van der Waals surface area contributed by atoms with Crippen molar-refractivity contribution in [2.75, 3.05) is 11.1 Å². The molecule has 0 radical (unpaired) electrons. The molecule has 2 N–H and O–H groups in total. The van der Waals surface area contributed by atoms with E-state index in [-0.39, 0.29) is 5.56 Å². The molecule has 1 amide bonds. The number of carboxylic acids is 1. The van der Waals surface area contributed by atoms with Crippen LogP contribution >= 0.6 is 12.0 Å². The summed E-state index contributed by atoms with van der Waals surface area (Å²) in [6.07, 6.45) is 0.282. The highest BCUT2D eigenvalue weighted by molar-refractivity contribution is 7.95. The van der Waals surface area contributed by atoms with Gasteiger partial charge in [-0.2, -0.15) is 0 Å². The second-order valence-electron chi connectivity index (χ2n) is 6.72. The number of hydrogen-bond acceptors (Lipinski definition) is 4. The monoisotopic (exact) mass is 405 g/mol. The van der Waals surface area contributed by atoms with Gasteiger partial charge in [0.15, 0.2) is 0 Å². The van der Waals surface area contributed by atoms with Crippen molar-refractivity contribution < 1.29 is 18.9 Å². The average molecular weight is 405 g/mol. The number of benzene rings is 3. The maximum absolute atomic E-state index is 12.0. The molecule has 4 rings (SSSR count). The lowest BCUT2D eigenvalue weighted by molar-refractivity contribution is 0.0697. The van der Waals surface area contributed by atoms with E-state index in [4.69, 9.17) is 9.29 Å². The largest absolute Gasteiger partial charge is 0.478 e. The fourth-order valence-corrected chi connectivity index (χ4v) is 4.23. The van der Waals surface area contributed by atoms with E-state index in [0.717, 1.165) is 18.5 Å². The van der Waals surface area contributed by atoms with E-state index in [1.54, 1.807) is 0 Å². The summed E-state index contributed by atoms with van der Waals surface area (Å²) in [6, 6.07) is 22.8. The number of hydrogen-bond donors (Lipinski definition) is 2. The number of fused-ring (bicyclic) bond motifs is 3. The number of anilines is 1. The first-order valence-corrected chi connectivity index (χ1v) is 10.2. The van der Waals surface area contributed by atoms with Gasteiger partial charge in [0, 0.05) is 17.4 Å². The number of aromatic carboxylic acids is 1. The predicted molar refractivity (Wildman–Crippen MR) is 114 cm³/mol. The zero-order valence-corrected chi connectivity index (χ0v) is 16.3. The van der Waals surface area contributed by atoms with Gasteiger partial charge in [0.2, 0.25) is 0 Å². The van der Waals surface area contributed by atoms with Crippen molar-refractivity contribution >= 4 is 29.8 Å². The first kappa shape index (κ1) is 19.1. The predicted octanol–water partition coefficient (Wildman–Crippen LogP) is 5.78. The second kappa shape index (κ2) is 8.41. The van der Waals surface area contributed by atoms with Crippen molar-refractivity contribution in [1.29, 1.82) is 0 Å². The Hall–Kier alpha value is -3.25. The van der Waals surface area contributed by atoms with Crippen LogP contribution in [0.2, 0.25) is 0 Å². The van der Waals surface area contributed by atoms with E-state index in [1.165, 1.54) is 46.5 Å². The molecule has 0 aliphatic heterocycles. The number of carboxylic acid groups (broad SMARTS) is 1. The molecule has 0 spiro atoms. The van der Waals surface area contributed by atoms with Crippen LogP contribution in [0, 0.1) is 0 Å². The molecule has 0 bridgehead atoms. The summed E-state index contributed by atoms with van der Waals surface area (Å²) < 4.78 is 5.21. The Morgan fingerprint density at radius 1 is 0.897 bits per heavy atom. The Morgan fingerprint density at radius 3 is 2.07 bits per heavy atom. The van der Waals surface area contributed by atoms with Crippen molar-refractivity contribution in [2.24, 2.45) is 0 Å². The van der Waals surface area contributed by atoms with Crippen molar-refractivity contribution in [3.63, 3.8) is 0 Å². The standard InChI is InChI=1S/C23H19NO4S/c25-22(26)15-9-11-16(12-10-15)24-23(27)28-29-14-13-21-19-7-3-1-5-17(19)18-6-2-4-8-20(18)21/h1-12,21H,13-14H2,(H,24,27)(H,25,26). The zero-order valence-electron chi connectivity index (χ0n) is 15.5. The molecule has 3 aromatic rings. The van der Waals surface area contributed by atoms with Crippen LogP contribution in [0.3, 0.4) is 0 Å². The summed E-state index contributed by atoms with van der Waals surface area (Å²) >= 11 is 1.12. The van der Waals surface area contributed by atoms with E-state index in [1.807, 2.05) is 0 Å². The second-order valence-corrected chi connectivity index (χ2v) is 7.53. The molecule has 0 saturated heterocycles. The Bertz CT molecular complexity index is 1000.